The Labute approximate surface area is 92.1 Å². The van der Waals surface area contributed by atoms with Gasteiger partial charge in [0, 0.05) is 0 Å². The second-order valence-corrected chi connectivity index (χ2v) is 3.45. The molecule has 2 aromatic rings. The van der Waals surface area contributed by atoms with Crippen LogP contribution in [-0.2, 0) is 0 Å². The number of fused-ring (bicyclic) bond motifs is 1. The van der Waals surface area contributed by atoms with Crippen molar-refractivity contribution in [2.45, 2.75) is 13.8 Å². The average Bonchev–Trinajstić information content (AvgIpc) is 2.26. The van der Waals surface area contributed by atoms with Gasteiger partial charge in [0.2, 0.25) is 5.75 Å². The lowest BCUT2D eigenvalue weighted by Crippen LogP contribution is -2.07. The normalized spacial score (nSPS) is 10.6. The molecule has 0 fully saturated rings. The van der Waals surface area contributed by atoms with Crippen LogP contribution in [0.5, 0.6) is 11.5 Å². The first-order chi connectivity index (χ1) is 7.65. The molecule has 4 heteroatoms. The van der Waals surface area contributed by atoms with E-state index in [9.17, 15) is 9.90 Å². The Morgan fingerprint density at radius 3 is 2.88 bits per heavy atom. The summed E-state index contributed by atoms with van der Waals surface area (Å²) in [5.74, 6) is -0.280. The van der Waals surface area contributed by atoms with Crippen molar-refractivity contribution >= 4 is 11.0 Å². The lowest BCUT2D eigenvalue weighted by Gasteiger charge is -2.07. The molecule has 0 aliphatic rings. The van der Waals surface area contributed by atoms with Crippen molar-refractivity contribution in [1.82, 2.24) is 0 Å². The maximum absolute atomic E-state index is 11.5. The fourth-order valence-corrected chi connectivity index (χ4v) is 1.60. The van der Waals surface area contributed by atoms with E-state index in [0.29, 0.717) is 17.6 Å². The standard InChI is InChI=1S/C12H12O4/c1-3-15-11-9(13)8-6-4-5-7(2)10(8)16-12(11)14/h4-6,13H,3H2,1-2H3. The zero-order chi connectivity index (χ0) is 11.7. The fourth-order valence-electron chi connectivity index (χ4n) is 1.60. The molecule has 0 unspecified atom stereocenters. The number of ether oxygens (including phenoxy) is 1. The predicted octanol–water partition coefficient (Wildman–Crippen LogP) is 2.21. The van der Waals surface area contributed by atoms with Crippen LogP contribution in [0, 0.1) is 6.92 Å². The Hall–Kier alpha value is -1.97. The lowest BCUT2D eigenvalue weighted by atomic mass is 10.1. The minimum Gasteiger partial charge on any atom is -0.504 e. The molecule has 0 saturated heterocycles. The first-order valence-electron chi connectivity index (χ1n) is 5.03. The summed E-state index contributed by atoms with van der Waals surface area (Å²) in [7, 11) is 0. The number of aryl methyl sites for hydroxylation is 1. The highest BCUT2D eigenvalue weighted by Gasteiger charge is 2.15. The Morgan fingerprint density at radius 2 is 2.19 bits per heavy atom. The van der Waals surface area contributed by atoms with E-state index < -0.39 is 5.63 Å². The third kappa shape index (κ3) is 1.52. The molecule has 1 aromatic carbocycles. The largest absolute Gasteiger partial charge is 0.504 e. The van der Waals surface area contributed by atoms with Gasteiger partial charge in [0.1, 0.15) is 5.58 Å². The zero-order valence-electron chi connectivity index (χ0n) is 9.11. The van der Waals surface area contributed by atoms with Crippen LogP contribution in [0.1, 0.15) is 12.5 Å². The summed E-state index contributed by atoms with van der Waals surface area (Å²) in [5.41, 5.74) is 0.544. The number of rotatable bonds is 2. The van der Waals surface area contributed by atoms with E-state index in [0.717, 1.165) is 5.56 Å². The van der Waals surface area contributed by atoms with Crippen LogP contribution in [-0.4, -0.2) is 11.7 Å². The molecule has 1 heterocycles. The molecule has 0 bridgehead atoms. The van der Waals surface area contributed by atoms with Gasteiger partial charge in [-0.1, -0.05) is 12.1 Å². The molecular weight excluding hydrogens is 208 g/mol. The summed E-state index contributed by atoms with van der Waals surface area (Å²) in [6.07, 6.45) is 0. The molecule has 0 aliphatic heterocycles. The predicted molar refractivity (Wildman–Crippen MR) is 60.1 cm³/mol. The van der Waals surface area contributed by atoms with Gasteiger partial charge in [-0.05, 0) is 25.5 Å². The molecule has 84 valence electrons. The molecule has 16 heavy (non-hydrogen) atoms. The van der Waals surface area contributed by atoms with Crippen LogP contribution in [0.2, 0.25) is 0 Å². The van der Waals surface area contributed by atoms with Gasteiger partial charge in [-0.25, -0.2) is 4.79 Å². The summed E-state index contributed by atoms with van der Waals surface area (Å²) >= 11 is 0. The first-order valence-corrected chi connectivity index (χ1v) is 5.03. The number of benzene rings is 1. The molecule has 0 atom stereocenters. The van der Waals surface area contributed by atoms with Gasteiger partial charge in [-0.3, -0.25) is 0 Å². The molecule has 0 saturated carbocycles. The second-order valence-electron chi connectivity index (χ2n) is 3.45. The van der Waals surface area contributed by atoms with Gasteiger partial charge in [0.05, 0.1) is 12.0 Å². The van der Waals surface area contributed by atoms with Crippen molar-refractivity contribution in [2.75, 3.05) is 6.61 Å². The van der Waals surface area contributed by atoms with Gasteiger partial charge in [-0.2, -0.15) is 0 Å². The highest BCUT2D eigenvalue weighted by molar-refractivity contribution is 5.87. The topological polar surface area (TPSA) is 59.7 Å². The van der Waals surface area contributed by atoms with Crippen molar-refractivity contribution in [3.8, 4) is 11.5 Å². The highest BCUT2D eigenvalue weighted by Crippen LogP contribution is 2.32. The number of hydrogen-bond acceptors (Lipinski definition) is 4. The van der Waals surface area contributed by atoms with Crippen molar-refractivity contribution in [1.29, 1.82) is 0 Å². The summed E-state index contributed by atoms with van der Waals surface area (Å²) in [4.78, 5) is 11.5. The number of aromatic hydroxyl groups is 1. The Kier molecular flexibility index (Phi) is 2.56. The summed E-state index contributed by atoms with van der Waals surface area (Å²) in [5, 5.41) is 10.4. The fraction of sp³-hybridized carbons (Fsp3) is 0.250. The van der Waals surface area contributed by atoms with Crippen LogP contribution < -0.4 is 10.4 Å². The van der Waals surface area contributed by atoms with Crippen LogP contribution in [0.3, 0.4) is 0 Å². The van der Waals surface area contributed by atoms with Crippen molar-refractivity contribution in [2.24, 2.45) is 0 Å². The van der Waals surface area contributed by atoms with E-state index in [4.69, 9.17) is 9.15 Å². The van der Waals surface area contributed by atoms with Crippen LogP contribution in [0.4, 0.5) is 0 Å². The van der Waals surface area contributed by atoms with Crippen molar-refractivity contribution < 1.29 is 14.3 Å². The molecule has 0 spiro atoms. The molecule has 0 aliphatic carbocycles. The van der Waals surface area contributed by atoms with Crippen LogP contribution in [0.25, 0.3) is 11.0 Å². The maximum atomic E-state index is 11.5. The Balaban J connectivity index is 2.84. The van der Waals surface area contributed by atoms with Gasteiger partial charge in [-0.15, -0.1) is 0 Å². The minimum absolute atomic E-state index is 0.124. The zero-order valence-corrected chi connectivity index (χ0v) is 9.11. The lowest BCUT2D eigenvalue weighted by molar-refractivity contribution is 0.301. The highest BCUT2D eigenvalue weighted by atomic mass is 16.5. The number of para-hydroxylation sites is 1. The SMILES string of the molecule is CCOc1c(O)c2cccc(C)c2oc1=O. The Bertz CT molecular complexity index is 583. The minimum atomic E-state index is -0.652. The van der Waals surface area contributed by atoms with Gasteiger partial charge in [0.15, 0.2) is 5.75 Å². The van der Waals surface area contributed by atoms with E-state index in [-0.39, 0.29) is 11.5 Å². The van der Waals surface area contributed by atoms with E-state index in [1.165, 1.54) is 0 Å². The monoisotopic (exact) mass is 220 g/mol. The first kappa shape index (κ1) is 10.5. The quantitative estimate of drug-likeness (QED) is 0.788. The number of hydrogen-bond donors (Lipinski definition) is 1. The van der Waals surface area contributed by atoms with E-state index in [2.05, 4.69) is 0 Å². The van der Waals surface area contributed by atoms with E-state index >= 15 is 0 Å². The van der Waals surface area contributed by atoms with Crippen molar-refractivity contribution in [3.63, 3.8) is 0 Å². The molecule has 0 radical (unpaired) electrons. The second kappa shape index (κ2) is 3.89. The smallest absolute Gasteiger partial charge is 0.383 e. The third-order valence-corrected chi connectivity index (χ3v) is 2.35. The van der Waals surface area contributed by atoms with Gasteiger partial charge < -0.3 is 14.3 Å². The van der Waals surface area contributed by atoms with Gasteiger partial charge >= 0.3 is 5.63 Å². The summed E-state index contributed by atoms with van der Waals surface area (Å²) < 4.78 is 10.2. The summed E-state index contributed by atoms with van der Waals surface area (Å²) in [6.45, 7) is 3.85. The average molecular weight is 220 g/mol. The van der Waals surface area contributed by atoms with Gasteiger partial charge in [0.25, 0.3) is 0 Å². The molecule has 4 nitrogen and oxygen atoms in total. The van der Waals surface area contributed by atoms with Crippen LogP contribution in [0.15, 0.2) is 27.4 Å². The van der Waals surface area contributed by atoms with Crippen LogP contribution >= 0.6 is 0 Å². The summed E-state index contributed by atoms with van der Waals surface area (Å²) in [6, 6.07) is 5.28. The Morgan fingerprint density at radius 1 is 1.44 bits per heavy atom. The van der Waals surface area contributed by atoms with E-state index in [1.807, 2.05) is 13.0 Å². The van der Waals surface area contributed by atoms with E-state index in [1.54, 1.807) is 19.1 Å². The molecule has 0 amide bonds. The molecule has 1 N–H and O–H groups in total. The molecule has 1 aromatic heterocycles. The third-order valence-electron chi connectivity index (χ3n) is 2.35. The molecule has 2 rings (SSSR count). The maximum Gasteiger partial charge on any atom is 0.383 e. The van der Waals surface area contributed by atoms with Crippen molar-refractivity contribution in [3.05, 3.63) is 34.2 Å². The molecular formula is C12H12O4.